The SMILES string of the molecule is CCSC1C(C(=O)O)=C(C)C=C(N2CCO[C@H](CO)C2)N1Cc1cccc(F)c1. The Balaban J connectivity index is 2.02. The molecule has 2 aliphatic rings. The second-order valence-corrected chi connectivity index (χ2v) is 8.45. The van der Waals surface area contributed by atoms with Gasteiger partial charge in [0, 0.05) is 19.6 Å². The minimum absolute atomic E-state index is 0.0734. The van der Waals surface area contributed by atoms with Crippen LogP contribution in [0.2, 0.25) is 0 Å². The zero-order valence-electron chi connectivity index (χ0n) is 16.7. The first-order valence-electron chi connectivity index (χ1n) is 9.70. The highest BCUT2D eigenvalue weighted by atomic mass is 32.2. The number of aliphatic hydroxyl groups is 1. The lowest BCUT2D eigenvalue weighted by Gasteiger charge is -2.45. The van der Waals surface area contributed by atoms with Crippen molar-refractivity contribution in [1.82, 2.24) is 9.80 Å². The van der Waals surface area contributed by atoms with E-state index in [0.717, 1.165) is 17.1 Å². The highest BCUT2D eigenvalue weighted by Gasteiger charge is 2.36. The van der Waals surface area contributed by atoms with Crippen LogP contribution in [-0.4, -0.2) is 69.5 Å². The molecule has 0 bridgehead atoms. The third-order valence-electron chi connectivity index (χ3n) is 5.06. The van der Waals surface area contributed by atoms with Gasteiger partial charge in [0.25, 0.3) is 0 Å². The summed E-state index contributed by atoms with van der Waals surface area (Å²) in [6.07, 6.45) is 1.60. The van der Waals surface area contributed by atoms with Crippen molar-refractivity contribution in [2.24, 2.45) is 0 Å². The molecule has 0 aliphatic carbocycles. The molecule has 2 aliphatic heterocycles. The van der Waals surface area contributed by atoms with E-state index in [1.165, 1.54) is 12.1 Å². The molecule has 1 unspecified atom stereocenters. The maximum Gasteiger partial charge on any atom is 0.334 e. The van der Waals surface area contributed by atoms with Gasteiger partial charge in [0.05, 0.1) is 24.9 Å². The Hall–Kier alpha value is -2.03. The van der Waals surface area contributed by atoms with Gasteiger partial charge in [-0.15, -0.1) is 11.8 Å². The predicted octanol–water partition coefficient (Wildman–Crippen LogP) is 2.66. The normalized spacial score (nSPS) is 22.7. The summed E-state index contributed by atoms with van der Waals surface area (Å²) in [4.78, 5) is 16.2. The van der Waals surface area contributed by atoms with E-state index in [1.807, 2.05) is 30.9 Å². The number of rotatable bonds is 7. The van der Waals surface area contributed by atoms with Gasteiger partial charge in [0.15, 0.2) is 0 Å². The molecule has 1 aromatic carbocycles. The smallest absolute Gasteiger partial charge is 0.334 e. The maximum absolute atomic E-state index is 13.8. The van der Waals surface area contributed by atoms with Gasteiger partial charge < -0.3 is 24.7 Å². The van der Waals surface area contributed by atoms with Crippen LogP contribution in [0.3, 0.4) is 0 Å². The topological polar surface area (TPSA) is 73.2 Å². The first-order chi connectivity index (χ1) is 13.9. The largest absolute Gasteiger partial charge is 0.478 e. The molecule has 0 saturated carbocycles. The second-order valence-electron chi connectivity index (χ2n) is 7.09. The summed E-state index contributed by atoms with van der Waals surface area (Å²) in [5.74, 6) is 0.360. The maximum atomic E-state index is 13.8. The predicted molar refractivity (Wildman–Crippen MR) is 111 cm³/mol. The van der Waals surface area contributed by atoms with Crippen LogP contribution >= 0.6 is 11.8 Å². The quantitative estimate of drug-likeness (QED) is 0.700. The summed E-state index contributed by atoms with van der Waals surface area (Å²) in [7, 11) is 0. The number of carboxylic acid groups (broad SMARTS) is 1. The first-order valence-corrected chi connectivity index (χ1v) is 10.7. The zero-order valence-corrected chi connectivity index (χ0v) is 17.5. The van der Waals surface area contributed by atoms with Crippen LogP contribution in [0.1, 0.15) is 19.4 Å². The molecule has 0 amide bonds. The number of morpholine rings is 1. The second kappa shape index (κ2) is 9.65. The molecule has 2 N–H and O–H groups in total. The van der Waals surface area contributed by atoms with Crippen molar-refractivity contribution < 1.29 is 24.1 Å². The van der Waals surface area contributed by atoms with E-state index in [9.17, 15) is 19.4 Å². The summed E-state index contributed by atoms with van der Waals surface area (Å²) in [6.45, 7) is 5.76. The third-order valence-corrected chi connectivity index (χ3v) is 6.20. The van der Waals surface area contributed by atoms with Gasteiger partial charge in [-0.3, -0.25) is 0 Å². The molecule has 3 rings (SSSR count). The van der Waals surface area contributed by atoms with E-state index in [2.05, 4.69) is 4.90 Å². The highest BCUT2D eigenvalue weighted by Crippen LogP contribution is 2.36. The fourth-order valence-electron chi connectivity index (χ4n) is 3.74. The molecular formula is C21H27FN2O4S. The van der Waals surface area contributed by atoms with E-state index in [-0.39, 0.29) is 18.5 Å². The number of hydrogen-bond donors (Lipinski definition) is 2. The minimum atomic E-state index is -0.941. The molecular weight excluding hydrogens is 395 g/mol. The van der Waals surface area contributed by atoms with Gasteiger partial charge in [-0.2, -0.15) is 0 Å². The molecule has 29 heavy (non-hydrogen) atoms. The molecule has 0 radical (unpaired) electrons. The number of carboxylic acids is 1. The summed E-state index contributed by atoms with van der Waals surface area (Å²) >= 11 is 1.54. The average molecular weight is 423 g/mol. The standard InChI is InChI=1S/C21H27FN2O4S/c1-3-29-20-19(21(26)27)14(2)9-18(23-7-8-28-17(12-23)13-25)24(20)11-15-5-4-6-16(22)10-15/h4-6,9-10,17,20,25H,3,7-8,11-13H2,1-2H3,(H,26,27)/t17-,20?/m0/s1. The van der Waals surface area contributed by atoms with Gasteiger partial charge in [-0.1, -0.05) is 19.1 Å². The average Bonchev–Trinajstić information content (AvgIpc) is 2.69. The Morgan fingerprint density at radius 2 is 2.21 bits per heavy atom. The Kier molecular flexibility index (Phi) is 7.21. The van der Waals surface area contributed by atoms with E-state index in [1.54, 1.807) is 17.8 Å². The van der Waals surface area contributed by atoms with Crippen molar-refractivity contribution in [3.8, 4) is 0 Å². The van der Waals surface area contributed by atoms with Gasteiger partial charge in [0.1, 0.15) is 17.0 Å². The third kappa shape index (κ3) is 4.94. The van der Waals surface area contributed by atoms with E-state index in [0.29, 0.717) is 37.4 Å². The molecule has 2 atom stereocenters. The highest BCUT2D eigenvalue weighted by molar-refractivity contribution is 8.00. The lowest BCUT2D eigenvalue weighted by atomic mass is 10.0. The molecule has 8 heteroatoms. The van der Waals surface area contributed by atoms with Crippen molar-refractivity contribution >= 4 is 17.7 Å². The van der Waals surface area contributed by atoms with Crippen LogP contribution in [0, 0.1) is 5.82 Å². The zero-order chi connectivity index (χ0) is 21.0. The Morgan fingerprint density at radius 3 is 2.86 bits per heavy atom. The van der Waals surface area contributed by atoms with Gasteiger partial charge in [-0.05, 0) is 42.0 Å². The number of aliphatic hydroxyl groups excluding tert-OH is 1. The van der Waals surface area contributed by atoms with Crippen molar-refractivity contribution in [2.75, 3.05) is 32.1 Å². The lowest BCUT2D eigenvalue weighted by molar-refractivity contribution is -0.133. The number of nitrogens with zero attached hydrogens (tertiary/aromatic N) is 2. The van der Waals surface area contributed by atoms with Crippen molar-refractivity contribution in [3.05, 3.63) is 58.7 Å². The van der Waals surface area contributed by atoms with Gasteiger partial charge in [0.2, 0.25) is 0 Å². The van der Waals surface area contributed by atoms with Gasteiger partial charge >= 0.3 is 5.97 Å². The van der Waals surface area contributed by atoms with E-state index in [4.69, 9.17) is 4.74 Å². The number of benzene rings is 1. The number of aliphatic carboxylic acids is 1. The van der Waals surface area contributed by atoms with Crippen molar-refractivity contribution in [1.29, 1.82) is 0 Å². The fraction of sp³-hybridized carbons (Fsp3) is 0.476. The molecule has 1 aromatic rings. The van der Waals surface area contributed by atoms with Crippen LogP contribution in [-0.2, 0) is 16.1 Å². The molecule has 0 spiro atoms. The number of ether oxygens (including phenoxy) is 1. The number of allylic oxidation sites excluding steroid dienone is 2. The monoisotopic (exact) mass is 422 g/mol. The number of hydrogen-bond acceptors (Lipinski definition) is 6. The van der Waals surface area contributed by atoms with Crippen LogP contribution in [0.25, 0.3) is 0 Å². The lowest BCUT2D eigenvalue weighted by Crippen LogP contribution is -2.50. The Labute approximate surface area is 174 Å². The van der Waals surface area contributed by atoms with Crippen LogP contribution in [0.5, 0.6) is 0 Å². The Morgan fingerprint density at radius 1 is 1.41 bits per heavy atom. The molecule has 0 aromatic heterocycles. The summed E-state index contributed by atoms with van der Waals surface area (Å²) in [5, 5.41) is 19.0. The summed E-state index contributed by atoms with van der Waals surface area (Å²) < 4.78 is 19.4. The summed E-state index contributed by atoms with van der Waals surface area (Å²) in [6, 6.07) is 6.38. The number of halogens is 1. The van der Waals surface area contributed by atoms with Crippen LogP contribution in [0.4, 0.5) is 4.39 Å². The Bertz CT molecular complexity index is 814. The van der Waals surface area contributed by atoms with Crippen LogP contribution < -0.4 is 0 Å². The first kappa shape index (κ1) is 21.7. The van der Waals surface area contributed by atoms with Crippen molar-refractivity contribution in [3.63, 3.8) is 0 Å². The molecule has 158 valence electrons. The fourth-order valence-corrected chi connectivity index (χ4v) is 4.87. The van der Waals surface area contributed by atoms with Crippen LogP contribution in [0.15, 0.2) is 47.3 Å². The molecule has 1 saturated heterocycles. The molecule has 6 nitrogen and oxygen atoms in total. The number of thioether (sulfide) groups is 1. The molecule has 1 fully saturated rings. The number of carbonyl (C=O) groups is 1. The molecule has 2 heterocycles. The summed E-state index contributed by atoms with van der Waals surface area (Å²) in [5.41, 5.74) is 1.83. The van der Waals surface area contributed by atoms with E-state index < -0.39 is 11.3 Å². The van der Waals surface area contributed by atoms with Crippen molar-refractivity contribution in [2.45, 2.75) is 31.9 Å². The minimum Gasteiger partial charge on any atom is -0.478 e. The van der Waals surface area contributed by atoms with E-state index >= 15 is 0 Å². The van der Waals surface area contributed by atoms with Gasteiger partial charge in [-0.25, -0.2) is 9.18 Å².